The van der Waals surface area contributed by atoms with Crippen molar-refractivity contribution in [3.8, 4) is 0 Å². The number of thiophene rings is 1. The molecule has 1 aromatic carbocycles. The second kappa shape index (κ2) is 6.29. The second-order valence-corrected chi connectivity index (χ2v) is 5.12. The smallest absolute Gasteiger partial charge is 0.261 e. The summed E-state index contributed by atoms with van der Waals surface area (Å²) < 4.78 is 13.0. The Balaban J connectivity index is 1.94. The summed E-state index contributed by atoms with van der Waals surface area (Å²) in [5.74, 6) is -1.14. The molecule has 0 aliphatic heterocycles. The van der Waals surface area contributed by atoms with E-state index in [1.165, 1.54) is 29.5 Å². The predicted molar refractivity (Wildman–Crippen MR) is 76.3 cm³/mol. The lowest BCUT2D eigenvalue weighted by Gasteiger charge is -2.13. The molecule has 0 saturated carbocycles. The number of hydrogen-bond acceptors (Lipinski definition) is 3. The highest BCUT2D eigenvalue weighted by atomic mass is 32.1. The van der Waals surface area contributed by atoms with Crippen LogP contribution < -0.4 is 10.6 Å². The Morgan fingerprint density at radius 1 is 1.25 bits per heavy atom. The number of anilines is 1. The molecule has 1 unspecified atom stereocenters. The van der Waals surface area contributed by atoms with Gasteiger partial charge in [0.1, 0.15) is 11.9 Å². The molecule has 2 aromatic rings. The maximum absolute atomic E-state index is 13.0. The van der Waals surface area contributed by atoms with E-state index in [0.29, 0.717) is 10.6 Å². The number of rotatable bonds is 4. The normalized spacial score (nSPS) is 11.7. The van der Waals surface area contributed by atoms with Gasteiger partial charge in [-0.05, 0) is 36.6 Å². The second-order valence-electron chi connectivity index (χ2n) is 4.17. The van der Waals surface area contributed by atoms with E-state index in [1.54, 1.807) is 30.5 Å². The molecule has 1 heterocycles. The molecule has 104 valence electrons. The fourth-order valence-corrected chi connectivity index (χ4v) is 2.18. The van der Waals surface area contributed by atoms with Gasteiger partial charge in [-0.1, -0.05) is 12.1 Å². The van der Waals surface area contributed by atoms with Crippen LogP contribution in [0.15, 0.2) is 41.8 Å². The Kier molecular flexibility index (Phi) is 4.47. The highest BCUT2D eigenvalue weighted by Gasteiger charge is 2.17. The van der Waals surface area contributed by atoms with Crippen molar-refractivity contribution in [1.82, 2.24) is 5.32 Å². The van der Waals surface area contributed by atoms with Gasteiger partial charge in [-0.2, -0.15) is 0 Å². The molecule has 6 heteroatoms. The molecular formula is C14H13FN2O2S. The average Bonchev–Trinajstić information content (AvgIpc) is 2.92. The van der Waals surface area contributed by atoms with Crippen LogP contribution in [0.3, 0.4) is 0 Å². The Morgan fingerprint density at radius 2 is 2.05 bits per heavy atom. The number of nitrogens with one attached hydrogen (secondary N) is 2. The van der Waals surface area contributed by atoms with Crippen molar-refractivity contribution >= 4 is 28.8 Å². The standard InChI is InChI=1S/C14H13FN2O2S/c1-9(16-14(19)12-6-3-7-20-12)13(18)17-11-5-2-4-10(15)8-11/h2-9H,1H3,(H,16,19)(H,17,18). The molecule has 1 atom stereocenters. The van der Waals surface area contributed by atoms with Gasteiger partial charge in [-0.15, -0.1) is 11.3 Å². The van der Waals surface area contributed by atoms with Crippen molar-refractivity contribution in [2.45, 2.75) is 13.0 Å². The number of hydrogen-bond donors (Lipinski definition) is 2. The molecule has 2 N–H and O–H groups in total. The maximum Gasteiger partial charge on any atom is 0.261 e. The first kappa shape index (κ1) is 14.2. The van der Waals surface area contributed by atoms with Crippen molar-refractivity contribution in [1.29, 1.82) is 0 Å². The molecule has 2 amide bonds. The average molecular weight is 292 g/mol. The summed E-state index contributed by atoms with van der Waals surface area (Å²) in [5.41, 5.74) is 0.354. The minimum Gasteiger partial charge on any atom is -0.340 e. The van der Waals surface area contributed by atoms with E-state index in [0.717, 1.165) is 0 Å². The summed E-state index contributed by atoms with van der Waals surface area (Å²) in [6, 6.07) is 8.31. The predicted octanol–water partition coefficient (Wildman–Crippen LogP) is 2.64. The molecule has 1 aromatic heterocycles. The zero-order valence-corrected chi connectivity index (χ0v) is 11.5. The molecule has 0 aliphatic rings. The first-order chi connectivity index (χ1) is 9.56. The molecule has 4 nitrogen and oxygen atoms in total. The minimum absolute atomic E-state index is 0.304. The van der Waals surface area contributed by atoms with Crippen LogP contribution in [0.25, 0.3) is 0 Å². The van der Waals surface area contributed by atoms with Gasteiger partial charge in [-0.3, -0.25) is 9.59 Å². The number of amides is 2. The molecule has 0 radical (unpaired) electrons. The van der Waals surface area contributed by atoms with E-state index in [1.807, 2.05) is 0 Å². The van der Waals surface area contributed by atoms with Gasteiger partial charge >= 0.3 is 0 Å². The quantitative estimate of drug-likeness (QED) is 0.910. The molecular weight excluding hydrogens is 279 g/mol. The lowest BCUT2D eigenvalue weighted by Crippen LogP contribution is -2.41. The Morgan fingerprint density at radius 3 is 2.70 bits per heavy atom. The summed E-state index contributed by atoms with van der Waals surface area (Å²) in [5, 5.41) is 6.91. The Bertz CT molecular complexity index is 613. The summed E-state index contributed by atoms with van der Waals surface area (Å²) >= 11 is 1.30. The van der Waals surface area contributed by atoms with Gasteiger partial charge in [0, 0.05) is 5.69 Å². The third kappa shape index (κ3) is 3.64. The van der Waals surface area contributed by atoms with Crippen LogP contribution in [0, 0.1) is 5.82 Å². The van der Waals surface area contributed by atoms with E-state index >= 15 is 0 Å². The first-order valence-corrected chi connectivity index (χ1v) is 6.85. The molecule has 20 heavy (non-hydrogen) atoms. The van der Waals surface area contributed by atoms with Crippen molar-refractivity contribution < 1.29 is 14.0 Å². The fraction of sp³-hybridized carbons (Fsp3) is 0.143. The number of carbonyl (C=O) groups excluding carboxylic acids is 2. The Labute approximate surface area is 119 Å². The van der Waals surface area contributed by atoms with Crippen LogP contribution >= 0.6 is 11.3 Å². The lowest BCUT2D eigenvalue weighted by atomic mass is 10.2. The SMILES string of the molecule is CC(NC(=O)c1cccs1)C(=O)Nc1cccc(F)c1. The molecule has 0 saturated heterocycles. The van der Waals surface area contributed by atoms with Crippen LogP contribution in [0.2, 0.25) is 0 Å². The third-order valence-corrected chi connectivity index (χ3v) is 3.45. The maximum atomic E-state index is 13.0. The van der Waals surface area contributed by atoms with Crippen LogP contribution in [0.5, 0.6) is 0 Å². The van der Waals surface area contributed by atoms with E-state index in [-0.39, 0.29) is 5.91 Å². The van der Waals surface area contributed by atoms with Gasteiger partial charge in [0.2, 0.25) is 5.91 Å². The summed E-state index contributed by atoms with van der Waals surface area (Å²) in [6.07, 6.45) is 0. The van der Waals surface area contributed by atoms with Crippen molar-refractivity contribution in [3.63, 3.8) is 0 Å². The van der Waals surface area contributed by atoms with Gasteiger partial charge < -0.3 is 10.6 Å². The summed E-state index contributed by atoms with van der Waals surface area (Å²) in [6.45, 7) is 1.57. The molecule has 0 spiro atoms. The van der Waals surface area contributed by atoms with Gasteiger partial charge in [0.05, 0.1) is 4.88 Å². The van der Waals surface area contributed by atoms with Gasteiger partial charge in [-0.25, -0.2) is 4.39 Å². The molecule has 2 rings (SSSR count). The molecule has 0 aliphatic carbocycles. The zero-order valence-electron chi connectivity index (χ0n) is 10.7. The highest BCUT2D eigenvalue weighted by Crippen LogP contribution is 2.10. The number of benzene rings is 1. The summed E-state index contributed by atoms with van der Waals surface area (Å²) in [7, 11) is 0. The highest BCUT2D eigenvalue weighted by molar-refractivity contribution is 7.12. The minimum atomic E-state index is -0.715. The topological polar surface area (TPSA) is 58.2 Å². The zero-order chi connectivity index (χ0) is 14.5. The lowest BCUT2D eigenvalue weighted by molar-refractivity contribution is -0.117. The Hall–Kier alpha value is -2.21. The molecule has 0 bridgehead atoms. The van der Waals surface area contributed by atoms with Crippen molar-refractivity contribution in [2.75, 3.05) is 5.32 Å². The number of halogens is 1. The van der Waals surface area contributed by atoms with Crippen LogP contribution in [-0.4, -0.2) is 17.9 Å². The molecule has 0 fully saturated rings. The monoisotopic (exact) mass is 292 g/mol. The fourth-order valence-electron chi connectivity index (χ4n) is 1.56. The van der Waals surface area contributed by atoms with E-state index in [9.17, 15) is 14.0 Å². The first-order valence-electron chi connectivity index (χ1n) is 5.97. The number of carbonyl (C=O) groups is 2. The third-order valence-electron chi connectivity index (χ3n) is 2.58. The van der Waals surface area contributed by atoms with Crippen molar-refractivity contribution in [2.24, 2.45) is 0 Å². The largest absolute Gasteiger partial charge is 0.340 e. The van der Waals surface area contributed by atoms with Crippen molar-refractivity contribution in [3.05, 3.63) is 52.5 Å². The van der Waals surface area contributed by atoms with E-state index in [4.69, 9.17) is 0 Å². The van der Waals surface area contributed by atoms with Crippen LogP contribution in [0.4, 0.5) is 10.1 Å². The summed E-state index contributed by atoms with van der Waals surface area (Å²) in [4.78, 5) is 24.2. The van der Waals surface area contributed by atoms with Gasteiger partial charge in [0.25, 0.3) is 5.91 Å². The van der Waals surface area contributed by atoms with Crippen LogP contribution in [0.1, 0.15) is 16.6 Å². The van der Waals surface area contributed by atoms with E-state index in [2.05, 4.69) is 10.6 Å². The van der Waals surface area contributed by atoms with Gasteiger partial charge in [0.15, 0.2) is 0 Å². The van der Waals surface area contributed by atoms with Crippen LogP contribution in [-0.2, 0) is 4.79 Å². The van der Waals surface area contributed by atoms with E-state index < -0.39 is 17.8 Å².